The Hall–Kier alpha value is -2.57. The minimum Gasteiger partial charge on any atom is -0.495 e. The first kappa shape index (κ1) is 12.9. The first-order chi connectivity index (χ1) is 9.10. The van der Waals surface area contributed by atoms with Crippen LogP contribution >= 0.6 is 0 Å². The number of methoxy groups -OCH3 is 1. The van der Waals surface area contributed by atoms with Crippen molar-refractivity contribution in [3.63, 3.8) is 0 Å². The molecule has 1 aliphatic heterocycles. The van der Waals surface area contributed by atoms with Gasteiger partial charge in [0.15, 0.2) is 0 Å². The molecule has 1 aromatic carbocycles. The van der Waals surface area contributed by atoms with Crippen LogP contribution in [-0.4, -0.2) is 31.0 Å². The van der Waals surface area contributed by atoms with Gasteiger partial charge in [-0.15, -0.1) is 0 Å². The number of rotatable bonds is 4. The third kappa shape index (κ3) is 3.01. The first-order valence-corrected chi connectivity index (χ1v) is 5.64. The van der Waals surface area contributed by atoms with E-state index in [4.69, 9.17) is 4.74 Å². The molecule has 4 amide bonds. The largest absolute Gasteiger partial charge is 0.495 e. The second kappa shape index (κ2) is 5.38. The maximum Gasteiger partial charge on any atom is 0.322 e. The topological polar surface area (TPSA) is 96.5 Å². The molecule has 1 heterocycles. The van der Waals surface area contributed by atoms with Gasteiger partial charge in [-0.2, -0.15) is 0 Å². The highest BCUT2D eigenvalue weighted by atomic mass is 16.5. The lowest BCUT2D eigenvalue weighted by Crippen LogP contribution is -2.33. The summed E-state index contributed by atoms with van der Waals surface area (Å²) in [6.45, 7) is 0. The van der Waals surface area contributed by atoms with Gasteiger partial charge in [0.2, 0.25) is 5.91 Å². The van der Waals surface area contributed by atoms with Crippen LogP contribution in [0.1, 0.15) is 6.42 Å². The van der Waals surface area contributed by atoms with Crippen molar-refractivity contribution in [2.75, 3.05) is 12.4 Å². The molecule has 0 spiro atoms. The van der Waals surface area contributed by atoms with Crippen molar-refractivity contribution < 1.29 is 19.1 Å². The van der Waals surface area contributed by atoms with Crippen molar-refractivity contribution in [1.29, 1.82) is 0 Å². The summed E-state index contributed by atoms with van der Waals surface area (Å²) in [4.78, 5) is 34.0. The summed E-state index contributed by atoms with van der Waals surface area (Å²) in [6, 6.07) is 5.51. The van der Waals surface area contributed by atoms with E-state index in [1.54, 1.807) is 24.3 Å². The monoisotopic (exact) mass is 263 g/mol. The van der Waals surface area contributed by atoms with Crippen LogP contribution in [0.4, 0.5) is 10.5 Å². The highest BCUT2D eigenvalue weighted by molar-refractivity contribution is 6.07. The maximum absolute atomic E-state index is 11.8. The highest BCUT2D eigenvalue weighted by Gasteiger charge is 2.31. The third-order valence-corrected chi connectivity index (χ3v) is 2.63. The van der Waals surface area contributed by atoms with E-state index in [0.29, 0.717) is 11.4 Å². The molecule has 1 aromatic rings. The van der Waals surface area contributed by atoms with E-state index in [2.05, 4.69) is 16.0 Å². The summed E-state index contributed by atoms with van der Waals surface area (Å²) >= 11 is 0. The van der Waals surface area contributed by atoms with Gasteiger partial charge in [-0.05, 0) is 12.1 Å². The van der Waals surface area contributed by atoms with Crippen LogP contribution in [0.25, 0.3) is 0 Å². The zero-order valence-electron chi connectivity index (χ0n) is 10.2. The minimum absolute atomic E-state index is 0.129. The van der Waals surface area contributed by atoms with Crippen molar-refractivity contribution in [1.82, 2.24) is 10.6 Å². The van der Waals surface area contributed by atoms with E-state index in [1.165, 1.54) is 7.11 Å². The van der Waals surface area contributed by atoms with Gasteiger partial charge in [-0.3, -0.25) is 14.9 Å². The molecule has 1 atom stereocenters. The molecule has 1 aliphatic rings. The van der Waals surface area contributed by atoms with Gasteiger partial charge in [0.1, 0.15) is 11.8 Å². The van der Waals surface area contributed by atoms with Crippen LogP contribution in [0.5, 0.6) is 5.75 Å². The lowest BCUT2D eigenvalue weighted by Gasteiger charge is -2.11. The highest BCUT2D eigenvalue weighted by Crippen LogP contribution is 2.23. The van der Waals surface area contributed by atoms with Crippen molar-refractivity contribution in [2.24, 2.45) is 0 Å². The predicted octanol–water partition coefficient (Wildman–Crippen LogP) is 0.232. The average Bonchev–Trinajstić information content (AvgIpc) is 2.68. The number of carbonyl (C=O) groups excluding carboxylic acids is 3. The van der Waals surface area contributed by atoms with Crippen LogP contribution in [0, 0.1) is 0 Å². The Balaban J connectivity index is 1.98. The van der Waals surface area contributed by atoms with Gasteiger partial charge < -0.3 is 15.4 Å². The Morgan fingerprint density at radius 1 is 1.37 bits per heavy atom. The molecular formula is C12H13N3O4. The molecule has 0 radical (unpaired) electrons. The van der Waals surface area contributed by atoms with Gasteiger partial charge in [0.05, 0.1) is 19.2 Å². The van der Waals surface area contributed by atoms with Crippen LogP contribution < -0.4 is 20.7 Å². The molecule has 0 saturated carbocycles. The number of anilines is 1. The first-order valence-electron chi connectivity index (χ1n) is 5.64. The lowest BCUT2D eigenvalue weighted by atomic mass is 10.2. The molecule has 1 unspecified atom stereocenters. The Bertz CT molecular complexity index is 529. The van der Waals surface area contributed by atoms with Gasteiger partial charge >= 0.3 is 6.03 Å². The fraction of sp³-hybridized carbons (Fsp3) is 0.250. The zero-order chi connectivity index (χ0) is 13.8. The second-order valence-corrected chi connectivity index (χ2v) is 3.97. The quantitative estimate of drug-likeness (QED) is 0.677. The van der Waals surface area contributed by atoms with E-state index < -0.39 is 18.0 Å². The molecule has 100 valence electrons. The molecule has 0 bridgehead atoms. The lowest BCUT2D eigenvalue weighted by molar-refractivity contribution is -0.124. The number of carbonyl (C=O) groups is 3. The molecule has 0 aliphatic carbocycles. The Morgan fingerprint density at radius 3 is 2.74 bits per heavy atom. The van der Waals surface area contributed by atoms with E-state index in [1.807, 2.05) is 0 Å². The summed E-state index contributed by atoms with van der Waals surface area (Å²) in [5.41, 5.74) is 0.514. The molecular weight excluding hydrogens is 250 g/mol. The van der Waals surface area contributed by atoms with Crippen LogP contribution in [-0.2, 0) is 9.59 Å². The summed E-state index contributed by atoms with van der Waals surface area (Å²) in [7, 11) is 1.50. The smallest absolute Gasteiger partial charge is 0.322 e. The summed E-state index contributed by atoms with van der Waals surface area (Å²) < 4.78 is 5.09. The van der Waals surface area contributed by atoms with Gasteiger partial charge in [0, 0.05) is 0 Å². The Morgan fingerprint density at radius 2 is 2.11 bits per heavy atom. The van der Waals surface area contributed by atoms with E-state index in [0.717, 1.165) is 0 Å². The molecule has 0 aromatic heterocycles. The Labute approximate surface area is 109 Å². The van der Waals surface area contributed by atoms with Crippen LogP contribution in [0.2, 0.25) is 0 Å². The number of amides is 4. The number of hydrogen-bond acceptors (Lipinski definition) is 4. The van der Waals surface area contributed by atoms with E-state index in [9.17, 15) is 14.4 Å². The molecule has 2 rings (SSSR count). The number of imide groups is 1. The molecule has 1 fully saturated rings. The normalized spacial score (nSPS) is 17.6. The molecule has 7 nitrogen and oxygen atoms in total. The van der Waals surface area contributed by atoms with Crippen LogP contribution in [0.3, 0.4) is 0 Å². The molecule has 7 heteroatoms. The van der Waals surface area contributed by atoms with Crippen molar-refractivity contribution in [2.45, 2.75) is 12.5 Å². The second-order valence-electron chi connectivity index (χ2n) is 3.97. The average molecular weight is 263 g/mol. The number of benzene rings is 1. The number of hydrogen-bond donors (Lipinski definition) is 3. The standard InChI is InChI=1S/C12H13N3O4/c1-19-9-5-3-2-4-7(9)13-10(16)6-8-11(17)15-12(18)14-8/h2-5,8H,6H2,1H3,(H,13,16)(H2,14,15,17,18). The number of nitrogens with one attached hydrogen (secondary N) is 3. The Kier molecular flexibility index (Phi) is 3.65. The summed E-state index contributed by atoms with van der Waals surface area (Å²) in [6.07, 6.45) is -0.129. The van der Waals surface area contributed by atoms with Gasteiger partial charge in [-0.25, -0.2) is 4.79 Å². The predicted molar refractivity (Wildman–Crippen MR) is 66.7 cm³/mol. The number of urea groups is 1. The summed E-state index contributed by atoms with van der Waals surface area (Å²) in [5, 5.41) is 7.05. The van der Waals surface area contributed by atoms with Gasteiger partial charge in [0.25, 0.3) is 5.91 Å². The molecule has 3 N–H and O–H groups in total. The SMILES string of the molecule is COc1ccccc1NC(=O)CC1NC(=O)NC1=O. The zero-order valence-corrected chi connectivity index (χ0v) is 10.2. The maximum atomic E-state index is 11.8. The molecule has 1 saturated heterocycles. The molecule has 19 heavy (non-hydrogen) atoms. The number of para-hydroxylation sites is 2. The fourth-order valence-electron chi connectivity index (χ4n) is 1.74. The minimum atomic E-state index is -0.831. The number of ether oxygens (including phenoxy) is 1. The van der Waals surface area contributed by atoms with E-state index >= 15 is 0 Å². The van der Waals surface area contributed by atoms with Crippen molar-refractivity contribution in [3.05, 3.63) is 24.3 Å². The van der Waals surface area contributed by atoms with E-state index in [-0.39, 0.29) is 12.3 Å². The van der Waals surface area contributed by atoms with Crippen molar-refractivity contribution >= 4 is 23.5 Å². The van der Waals surface area contributed by atoms with Crippen LogP contribution in [0.15, 0.2) is 24.3 Å². The third-order valence-electron chi connectivity index (χ3n) is 2.63. The fourth-order valence-corrected chi connectivity index (χ4v) is 1.74. The van der Waals surface area contributed by atoms with Crippen molar-refractivity contribution in [3.8, 4) is 5.75 Å². The van der Waals surface area contributed by atoms with Gasteiger partial charge in [-0.1, -0.05) is 12.1 Å². The summed E-state index contributed by atoms with van der Waals surface area (Å²) in [5.74, 6) is -0.359.